The van der Waals surface area contributed by atoms with Crippen LogP contribution in [0.25, 0.3) is 0 Å². The van der Waals surface area contributed by atoms with Crippen molar-refractivity contribution in [2.75, 3.05) is 11.9 Å². The first kappa shape index (κ1) is 15.7. The fraction of sp³-hybridized carbons (Fsp3) is 0.0909. The van der Waals surface area contributed by atoms with E-state index in [2.05, 4.69) is 16.6 Å². The highest BCUT2D eigenvalue weighted by Gasteiger charge is 2.17. The number of carboxylic acid groups (broad SMARTS) is 1. The Hall–Kier alpha value is -2.39. The van der Waals surface area contributed by atoms with E-state index in [1.54, 1.807) is 0 Å². The number of primary sulfonamides is 1. The van der Waals surface area contributed by atoms with Gasteiger partial charge >= 0.3 is 12.1 Å². The fourth-order valence-electron chi connectivity index (χ4n) is 1.27. The van der Waals surface area contributed by atoms with Gasteiger partial charge in [0.25, 0.3) is 0 Å². The average molecular weight is 300 g/mol. The molecular formula is C11H12N2O6S. The van der Waals surface area contributed by atoms with Gasteiger partial charge in [-0.3, -0.25) is 5.32 Å². The van der Waals surface area contributed by atoms with Crippen molar-refractivity contribution in [3.8, 4) is 0 Å². The Morgan fingerprint density at radius 2 is 2.10 bits per heavy atom. The second-order valence-electron chi connectivity index (χ2n) is 3.57. The van der Waals surface area contributed by atoms with Gasteiger partial charge in [0, 0.05) is 0 Å². The standard InChI is InChI=1S/C11H12N2O6S/c1-2-5-19-11(16)13-9-4-3-7(20(12,17)18)6-8(9)10(14)15/h2-4,6H,1,5H2,(H,13,16)(H,14,15)(H2,12,17,18). The number of hydrogen-bond acceptors (Lipinski definition) is 5. The molecule has 0 fully saturated rings. The smallest absolute Gasteiger partial charge is 0.411 e. The molecule has 0 spiro atoms. The molecule has 8 nitrogen and oxygen atoms in total. The SMILES string of the molecule is C=CCOC(=O)Nc1ccc(S(N)(=O)=O)cc1C(=O)O. The number of aromatic carboxylic acids is 1. The van der Waals surface area contributed by atoms with Crippen LogP contribution in [-0.4, -0.2) is 32.2 Å². The van der Waals surface area contributed by atoms with Gasteiger partial charge in [-0.2, -0.15) is 0 Å². The number of carbonyl (C=O) groups excluding carboxylic acids is 1. The van der Waals surface area contributed by atoms with Gasteiger partial charge in [-0.25, -0.2) is 23.1 Å². The first-order valence-electron chi connectivity index (χ1n) is 5.20. The number of amides is 1. The van der Waals surface area contributed by atoms with Crippen molar-refractivity contribution in [3.63, 3.8) is 0 Å². The van der Waals surface area contributed by atoms with Gasteiger partial charge in [-0.05, 0) is 18.2 Å². The van der Waals surface area contributed by atoms with Crippen LogP contribution in [0.15, 0.2) is 35.7 Å². The maximum absolute atomic E-state index is 11.3. The minimum Gasteiger partial charge on any atom is -0.478 e. The van der Waals surface area contributed by atoms with Gasteiger partial charge in [0.05, 0.1) is 16.1 Å². The Bertz CT molecular complexity index is 653. The Morgan fingerprint density at radius 1 is 1.45 bits per heavy atom. The maximum atomic E-state index is 11.3. The van der Waals surface area contributed by atoms with E-state index < -0.39 is 27.6 Å². The van der Waals surface area contributed by atoms with Crippen molar-refractivity contribution in [2.24, 2.45) is 5.14 Å². The van der Waals surface area contributed by atoms with Gasteiger partial charge in [0.15, 0.2) is 0 Å². The van der Waals surface area contributed by atoms with Crippen molar-refractivity contribution in [1.29, 1.82) is 0 Å². The van der Waals surface area contributed by atoms with E-state index in [0.29, 0.717) is 0 Å². The molecule has 108 valence electrons. The summed E-state index contributed by atoms with van der Waals surface area (Å²) >= 11 is 0. The molecule has 1 aromatic carbocycles. The van der Waals surface area contributed by atoms with Crippen molar-refractivity contribution < 1.29 is 27.9 Å². The number of hydrogen-bond donors (Lipinski definition) is 3. The lowest BCUT2D eigenvalue weighted by Gasteiger charge is -2.09. The molecule has 0 saturated heterocycles. The van der Waals surface area contributed by atoms with Crippen LogP contribution in [0, 0.1) is 0 Å². The van der Waals surface area contributed by atoms with Crippen molar-refractivity contribution in [2.45, 2.75) is 4.90 Å². The summed E-state index contributed by atoms with van der Waals surface area (Å²) < 4.78 is 26.9. The number of nitrogens with two attached hydrogens (primary N) is 1. The number of sulfonamides is 1. The van der Waals surface area contributed by atoms with Crippen LogP contribution >= 0.6 is 0 Å². The van der Waals surface area contributed by atoms with Gasteiger partial charge in [-0.1, -0.05) is 12.7 Å². The molecule has 20 heavy (non-hydrogen) atoms. The Kier molecular flexibility index (Phi) is 4.83. The zero-order valence-electron chi connectivity index (χ0n) is 10.2. The lowest BCUT2D eigenvalue weighted by Crippen LogP contribution is -2.18. The van der Waals surface area contributed by atoms with E-state index in [1.807, 2.05) is 0 Å². The summed E-state index contributed by atoms with van der Waals surface area (Å²) in [7, 11) is -4.04. The number of anilines is 1. The molecule has 0 heterocycles. The quantitative estimate of drug-likeness (QED) is 0.687. The first-order valence-corrected chi connectivity index (χ1v) is 6.75. The Morgan fingerprint density at radius 3 is 2.60 bits per heavy atom. The Balaban J connectivity index is 3.11. The van der Waals surface area contributed by atoms with Gasteiger partial charge in [-0.15, -0.1) is 0 Å². The predicted octanol–water partition coefficient (Wildman–Crippen LogP) is 0.767. The molecule has 1 amide bonds. The highest BCUT2D eigenvalue weighted by Crippen LogP contribution is 2.20. The second-order valence-corrected chi connectivity index (χ2v) is 5.13. The van der Waals surface area contributed by atoms with Crippen LogP contribution in [0.1, 0.15) is 10.4 Å². The first-order chi connectivity index (χ1) is 9.25. The summed E-state index contributed by atoms with van der Waals surface area (Å²) in [4.78, 5) is 22.0. The third kappa shape index (κ3) is 4.07. The zero-order chi connectivity index (χ0) is 15.3. The lowest BCUT2D eigenvalue weighted by atomic mass is 10.2. The Labute approximate surface area is 114 Å². The number of nitrogens with one attached hydrogen (secondary N) is 1. The summed E-state index contributed by atoms with van der Waals surface area (Å²) in [5, 5.41) is 16.1. The molecule has 1 rings (SSSR count). The lowest BCUT2D eigenvalue weighted by molar-refractivity contribution is 0.0697. The highest BCUT2D eigenvalue weighted by atomic mass is 32.2. The van der Waals surface area contributed by atoms with Crippen LogP contribution in [-0.2, 0) is 14.8 Å². The van der Waals surface area contributed by atoms with Gasteiger partial charge < -0.3 is 9.84 Å². The van der Waals surface area contributed by atoms with Crippen LogP contribution in [0.3, 0.4) is 0 Å². The molecule has 4 N–H and O–H groups in total. The predicted molar refractivity (Wildman–Crippen MR) is 69.9 cm³/mol. The number of carboxylic acids is 1. The molecule has 0 bridgehead atoms. The fourth-order valence-corrected chi connectivity index (χ4v) is 1.81. The molecule has 0 aliphatic carbocycles. The topological polar surface area (TPSA) is 136 Å². The highest BCUT2D eigenvalue weighted by molar-refractivity contribution is 7.89. The molecule has 9 heteroatoms. The van der Waals surface area contributed by atoms with E-state index in [0.717, 1.165) is 18.2 Å². The van der Waals surface area contributed by atoms with E-state index in [4.69, 9.17) is 10.2 Å². The number of ether oxygens (including phenoxy) is 1. The second kappa shape index (κ2) is 6.17. The van der Waals surface area contributed by atoms with Crippen LogP contribution in [0.2, 0.25) is 0 Å². The molecule has 0 atom stereocenters. The van der Waals surface area contributed by atoms with Crippen LogP contribution in [0.5, 0.6) is 0 Å². The largest absolute Gasteiger partial charge is 0.478 e. The van der Waals surface area contributed by atoms with Gasteiger partial charge in [0.1, 0.15) is 6.61 Å². The summed E-state index contributed by atoms with van der Waals surface area (Å²) in [5.74, 6) is -1.42. The van der Waals surface area contributed by atoms with E-state index in [1.165, 1.54) is 6.08 Å². The van der Waals surface area contributed by atoms with E-state index >= 15 is 0 Å². The molecule has 0 aliphatic heterocycles. The van der Waals surface area contributed by atoms with Crippen LogP contribution < -0.4 is 10.5 Å². The molecule has 0 radical (unpaired) electrons. The van der Waals surface area contributed by atoms with Crippen molar-refractivity contribution in [3.05, 3.63) is 36.4 Å². The molecule has 0 saturated carbocycles. The molecule has 0 unspecified atom stereocenters. The maximum Gasteiger partial charge on any atom is 0.411 e. The monoisotopic (exact) mass is 300 g/mol. The summed E-state index contributed by atoms with van der Waals surface area (Å²) in [6.45, 7) is 3.29. The number of carbonyl (C=O) groups is 2. The third-order valence-electron chi connectivity index (χ3n) is 2.12. The summed E-state index contributed by atoms with van der Waals surface area (Å²) in [6, 6.07) is 3.03. The number of rotatable bonds is 5. The average Bonchev–Trinajstić information content (AvgIpc) is 2.35. The molecule has 0 aromatic heterocycles. The molecule has 0 aliphatic rings. The minimum atomic E-state index is -4.04. The molecular weight excluding hydrogens is 288 g/mol. The number of benzene rings is 1. The van der Waals surface area contributed by atoms with E-state index in [-0.39, 0.29) is 17.2 Å². The van der Waals surface area contributed by atoms with E-state index in [9.17, 15) is 18.0 Å². The minimum absolute atomic E-state index is 0.0521. The zero-order valence-corrected chi connectivity index (χ0v) is 11.0. The van der Waals surface area contributed by atoms with Crippen molar-refractivity contribution in [1.82, 2.24) is 0 Å². The van der Waals surface area contributed by atoms with Crippen molar-refractivity contribution >= 4 is 27.8 Å². The van der Waals surface area contributed by atoms with Crippen LogP contribution in [0.4, 0.5) is 10.5 Å². The van der Waals surface area contributed by atoms with Gasteiger partial charge in [0.2, 0.25) is 10.0 Å². The molecule has 1 aromatic rings. The third-order valence-corrected chi connectivity index (χ3v) is 3.03. The summed E-state index contributed by atoms with van der Waals surface area (Å²) in [5.41, 5.74) is -0.536. The summed E-state index contributed by atoms with van der Waals surface area (Å²) in [6.07, 6.45) is 0.442. The normalized spacial score (nSPS) is 10.7.